The summed E-state index contributed by atoms with van der Waals surface area (Å²) >= 11 is 1.30. The van der Waals surface area contributed by atoms with Gasteiger partial charge in [-0.3, -0.25) is 9.59 Å². The number of carbonyl (C=O) groups excluding carboxylic acids is 2. The van der Waals surface area contributed by atoms with Gasteiger partial charge < -0.3 is 15.5 Å². The molecule has 0 spiro atoms. The Balaban J connectivity index is 2.72. The lowest BCUT2D eigenvalue weighted by atomic mass is 10.3. The molecule has 0 aliphatic rings. The highest BCUT2D eigenvalue weighted by Crippen LogP contribution is 2.17. The van der Waals surface area contributed by atoms with Gasteiger partial charge in [-0.05, 0) is 12.1 Å². The van der Waals surface area contributed by atoms with Gasteiger partial charge in [-0.25, -0.2) is 0 Å². The molecule has 0 saturated carbocycles. The van der Waals surface area contributed by atoms with Crippen molar-refractivity contribution >= 4 is 23.2 Å². The van der Waals surface area contributed by atoms with E-state index in [1.807, 2.05) is 0 Å². The van der Waals surface area contributed by atoms with E-state index in [9.17, 15) is 9.59 Å². The predicted octanol–water partition coefficient (Wildman–Crippen LogP) is 0.219. The van der Waals surface area contributed by atoms with E-state index in [0.29, 0.717) is 11.4 Å². The smallest absolute Gasteiger partial charge is 0.264 e. The fourth-order valence-electron chi connectivity index (χ4n) is 1.26. The highest BCUT2D eigenvalue weighted by Gasteiger charge is 2.17. The molecule has 2 N–H and O–H groups in total. The van der Waals surface area contributed by atoms with Gasteiger partial charge >= 0.3 is 0 Å². The van der Waals surface area contributed by atoms with E-state index < -0.39 is 0 Å². The molecular weight excluding hydrogens is 262 g/mol. The molecule has 0 aliphatic carbocycles. The van der Waals surface area contributed by atoms with Gasteiger partial charge in [0.1, 0.15) is 0 Å². The molecule has 5 nitrogen and oxygen atoms in total. The number of amides is 2. The third kappa shape index (κ3) is 4.39. The van der Waals surface area contributed by atoms with Crippen molar-refractivity contribution in [2.24, 2.45) is 5.73 Å². The van der Waals surface area contributed by atoms with Gasteiger partial charge in [0.25, 0.3) is 5.91 Å². The number of hydrogen-bond acceptors (Lipinski definition) is 4. The molecular formula is C13H17N3O2S. The van der Waals surface area contributed by atoms with E-state index in [1.54, 1.807) is 33.3 Å². The van der Waals surface area contributed by atoms with Crippen LogP contribution in [-0.4, -0.2) is 55.8 Å². The van der Waals surface area contributed by atoms with Crippen LogP contribution in [0, 0.1) is 11.8 Å². The number of rotatable bonds is 3. The van der Waals surface area contributed by atoms with Crippen molar-refractivity contribution in [2.75, 3.05) is 34.2 Å². The maximum Gasteiger partial charge on any atom is 0.264 e. The number of carbonyl (C=O) groups is 2. The molecule has 1 heterocycles. The van der Waals surface area contributed by atoms with Gasteiger partial charge in [0.05, 0.1) is 22.8 Å². The van der Waals surface area contributed by atoms with Crippen LogP contribution in [0.3, 0.4) is 0 Å². The Morgan fingerprint density at radius 1 is 1.32 bits per heavy atom. The predicted molar refractivity (Wildman–Crippen MR) is 75.9 cm³/mol. The summed E-state index contributed by atoms with van der Waals surface area (Å²) in [7, 11) is 4.92. The quantitative estimate of drug-likeness (QED) is 0.805. The first-order chi connectivity index (χ1) is 8.95. The first-order valence-electron chi connectivity index (χ1n) is 5.70. The largest absolute Gasteiger partial charge is 0.347 e. The minimum absolute atomic E-state index is 0.0630. The van der Waals surface area contributed by atoms with Crippen LogP contribution in [0.2, 0.25) is 0 Å². The van der Waals surface area contributed by atoms with Crippen LogP contribution in [0.15, 0.2) is 12.1 Å². The van der Waals surface area contributed by atoms with Crippen molar-refractivity contribution in [1.82, 2.24) is 9.80 Å². The highest BCUT2D eigenvalue weighted by molar-refractivity contribution is 7.14. The Bertz CT molecular complexity index is 525. The lowest BCUT2D eigenvalue weighted by Gasteiger charge is -2.18. The molecule has 0 fully saturated rings. The maximum absolute atomic E-state index is 12.1. The fourth-order valence-corrected chi connectivity index (χ4v) is 2.14. The van der Waals surface area contributed by atoms with E-state index in [-0.39, 0.29) is 18.4 Å². The first kappa shape index (κ1) is 15.2. The molecule has 0 unspecified atom stereocenters. The van der Waals surface area contributed by atoms with Crippen LogP contribution in [0.1, 0.15) is 14.5 Å². The summed E-state index contributed by atoms with van der Waals surface area (Å²) in [6, 6.07) is 3.49. The average Bonchev–Trinajstić information content (AvgIpc) is 2.83. The van der Waals surface area contributed by atoms with E-state index in [0.717, 1.165) is 4.88 Å². The van der Waals surface area contributed by atoms with E-state index in [1.165, 1.54) is 21.1 Å². The molecule has 1 aromatic rings. The molecule has 0 bridgehead atoms. The standard InChI is InChI=1S/C13H17N3O2S/c1-15(2)12(17)9-16(3)13(18)11-7-6-10(19-11)5-4-8-14/h6-7H,8-9,14H2,1-3H3. The molecule has 1 aromatic heterocycles. The monoisotopic (exact) mass is 279 g/mol. The number of likely N-dealkylation sites (N-methyl/N-ethyl adjacent to an activating group) is 2. The molecule has 0 aliphatic heterocycles. The van der Waals surface area contributed by atoms with Crippen LogP contribution in [-0.2, 0) is 4.79 Å². The summed E-state index contributed by atoms with van der Waals surface area (Å²) in [6.07, 6.45) is 0. The van der Waals surface area contributed by atoms with Crippen LogP contribution in [0.4, 0.5) is 0 Å². The minimum atomic E-state index is -0.180. The van der Waals surface area contributed by atoms with E-state index >= 15 is 0 Å². The van der Waals surface area contributed by atoms with Crippen molar-refractivity contribution in [1.29, 1.82) is 0 Å². The Morgan fingerprint density at radius 3 is 2.58 bits per heavy atom. The van der Waals surface area contributed by atoms with Crippen molar-refractivity contribution in [3.8, 4) is 11.8 Å². The fraction of sp³-hybridized carbons (Fsp3) is 0.385. The molecule has 6 heteroatoms. The third-order valence-corrected chi connectivity index (χ3v) is 3.34. The molecule has 0 aromatic carbocycles. The van der Waals surface area contributed by atoms with Crippen molar-refractivity contribution < 1.29 is 9.59 Å². The van der Waals surface area contributed by atoms with Gasteiger partial charge in [0.15, 0.2) is 0 Å². The molecule has 0 atom stereocenters. The number of nitrogens with zero attached hydrogens (tertiary/aromatic N) is 2. The Hall–Kier alpha value is -1.84. The van der Waals surface area contributed by atoms with Crippen molar-refractivity contribution in [3.63, 3.8) is 0 Å². The normalized spacial score (nSPS) is 9.47. The van der Waals surface area contributed by atoms with Crippen LogP contribution < -0.4 is 5.73 Å². The maximum atomic E-state index is 12.1. The molecule has 102 valence electrons. The zero-order valence-electron chi connectivity index (χ0n) is 11.3. The third-order valence-electron chi connectivity index (χ3n) is 2.35. The Morgan fingerprint density at radius 2 is 2.00 bits per heavy atom. The molecule has 1 rings (SSSR count). The Kier molecular flexibility index (Phi) is 5.55. The van der Waals surface area contributed by atoms with Crippen LogP contribution in [0.25, 0.3) is 0 Å². The van der Waals surface area contributed by atoms with Gasteiger partial charge in [-0.1, -0.05) is 11.8 Å². The summed E-state index contributed by atoms with van der Waals surface area (Å²) in [5, 5.41) is 0. The summed E-state index contributed by atoms with van der Waals surface area (Å²) in [5.74, 6) is 5.32. The summed E-state index contributed by atoms with van der Waals surface area (Å²) in [6.45, 7) is 0.353. The first-order valence-corrected chi connectivity index (χ1v) is 6.51. The van der Waals surface area contributed by atoms with Crippen molar-refractivity contribution in [3.05, 3.63) is 21.9 Å². The van der Waals surface area contributed by atoms with Gasteiger partial charge in [0.2, 0.25) is 5.91 Å². The van der Waals surface area contributed by atoms with Gasteiger partial charge in [0, 0.05) is 21.1 Å². The topological polar surface area (TPSA) is 66.6 Å². The second-order valence-electron chi connectivity index (χ2n) is 4.12. The summed E-state index contributed by atoms with van der Waals surface area (Å²) < 4.78 is 0. The zero-order valence-corrected chi connectivity index (χ0v) is 12.1. The second-order valence-corrected chi connectivity index (χ2v) is 5.20. The van der Waals surface area contributed by atoms with E-state index in [4.69, 9.17) is 5.73 Å². The van der Waals surface area contributed by atoms with Crippen LogP contribution in [0.5, 0.6) is 0 Å². The Labute approximate surface area is 117 Å². The molecule has 0 saturated heterocycles. The van der Waals surface area contributed by atoms with E-state index in [2.05, 4.69) is 11.8 Å². The minimum Gasteiger partial charge on any atom is -0.347 e. The second kappa shape index (κ2) is 6.92. The molecule has 0 radical (unpaired) electrons. The van der Waals surface area contributed by atoms with Crippen molar-refractivity contribution in [2.45, 2.75) is 0 Å². The SMILES string of the molecule is CN(C)C(=O)CN(C)C(=O)c1ccc(C#CCN)s1. The lowest BCUT2D eigenvalue weighted by Crippen LogP contribution is -2.37. The molecule has 2 amide bonds. The lowest BCUT2D eigenvalue weighted by molar-refractivity contribution is -0.129. The van der Waals surface area contributed by atoms with Gasteiger partial charge in [-0.2, -0.15) is 0 Å². The zero-order chi connectivity index (χ0) is 14.4. The number of hydrogen-bond donors (Lipinski definition) is 1. The summed E-state index contributed by atoms with van der Waals surface area (Å²) in [5.41, 5.74) is 5.29. The van der Waals surface area contributed by atoms with Crippen LogP contribution >= 0.6 is 11.3 Å². The average molecular weight is 279 g/mol. The highest BCUT2D eigenvalue weighted by atomic mass is 32.1. The number of thiophene rings is 1. The van der Waals surface area contributed by atoms with Gasteiger partial charge in [-0.15, -0.1) is 11.3 Å². The number of nitrogens with two attached hydrogens (primary N) is 1. The summed E-state index contributed by atoms with van der Waals surface area (Å²) in [4.78, 5) is 27.8. The molecule has 19 heavy (non-hydrogen) atoms.